The van der Waals surface area contributed by atoms with Crippen LogP contribution in [0.1, 0.15) is 44.4 Å². The number of nitrogens with one attached hydrogen (secondary N) is 1. The predicted octanol–water partition coefficient (Wildman–Crippen LogP) is 3.74. The molecule has 1 aromatic rings. The van der Waals surface area contributed by atoms with Crippen LogP contribution < -0.4 is 5.32 Å². The molecular weight excluding hydrogens is 248 g/mol. The van der Waals surface area contributed by atoms with Gasteiger partial charge >= 0.3 is 0 Å². The van der Waals surface area contributed by atoms with Crippen molar-refractivity contribution in [1.29, 1.82) is 0 Å². The molecule has 0 spiro atoms. The summed E-state index contributed by atoms with van der Waals surface area (Å²) in [5, 5.41) is 3.14. The van der Waals surface area contributed by atoms with Crippen LogP contribution in [0.2, 0.25) is 0 Å². The maximum atomic E-state index is 14.1. The number of ether oxygens (including phenoxy) is 1. The molecule has 0 aliphatic rings. The molecule has 4 heteroatoms. The molecule has 0 amide bonds. The molecule has 1 N–H and O–H groups in total. The van der Waals surface area contributed by atoms with E-state index in [4.69, 9.17) is 4.74 Å². The highest BCUT2D eigenvalue weighted by Gasteiger charge is 2.21. The lowest BCUT2D eigenvalue weighted by molar-refractivity contribution is 0.0596. The summed E-state index contributed by atoms with van der Waals surface area (Å²) < 4.78 is 33.5. The van der Waals surface area contributed by atoms with Crippen LogP contribution in [-0.2, 0) is 4.74 Å². The van der Waals surface area contributed by atoms with E-state index in [2.05, 4.69) is 5.32 Å². The Balaban J connectivity index is 2.98. The molecule has 19 heavy (non-hydrogen) atoms. The van der Waals surface area contributed by atoms with Crippen LogP contribution in [0.5, 0.6) is 0 Å². The maximum absolute atomic E-state index is 14.1. The Morgan fingerprint density at radius 1 is 1.26 bits per heavy atom. The third-order valence-corrected chi connectivity index (χ3v) is 2.91. The summed E-state index contributed by atoms with van der Waals surface area (Å²) in [5.74, 6) is -1.01. The molecule has 0 bridgehead atoms. The van der Waals surface area contributed by atoms with Gasteiger partial charge in [-0.3, -0.25) is 0 Å². The molecule has 0 aliphatic heterocycles. The smallest absolute Gasteiger partial charge is 0.133 e. The first-order valence-corrected chi connectivity index (χ1v) is 6.76. The summed E-state index contributed by atoms with van der Waals surface area (Å²) in [6.45, 7) is 8.41. The molecule has 0 aliphatic carbocycles. The largest absolute Gasteiger partial charge is 0.377 e. The summed E-state index contributed by atoms with van der Waals surface area (Å²) in [6.07, 6.45) is 0.926. The summed E-state index contributed by atoms with van der Waals surface area (Å²) >= 11 is 0. The summed E-state index contributed by atoms with van der Waals surface area (Å²) in [6, 6.07) is 2.31. The SMILES string of the molecule is CCCNC(COC(C)C)c1c(F)ccc(C)c1F. The third-order valence-electron chi connectivity index (χ3n) is 2.91. The lowest BCUT2D eigenvalue weighted by Crippen LogP contribution is -2.29. The van der Waals surface area contributed by atoms with Gasteiger partial charge in [0.15, 0.2) is 0 Å². The fourth-order valence-electron chi connectivity index (χ4n) is 1.85. The van der Waals surface area contributed by atoms with Crippen molar-refractivity contribution in [3.63, 3.8) is 0 Å². The molecule has 0 saturated carbocycles. The monoisotopic (exact) mass is 271 g/mol. The van der Waals surface area contributed by atoms with Crippen molar-refractivity contribution in [2.45, 2.75) is 46.3 Å². The van der Waals surface area contributed by atoms with Gasteiger partial charge in [-0.25, -0.2) is 8.78 Å². The van der Waals surface area contributed by atoms with Crippen molar-refractivity contribution in [2.24, 2.45) is 0 Å². The lowest BCUT2D eigenvalue weighted by Gasteiger charge is -2.22. The van der Waals surface area contributed by atoms with Crippen molar-refractivity contribution in [3.8, 4) is 0 Å². The highest BCUT2D eigenvalue weighted by Crippen LogP contribution is 2.24. The minimum absolute atomic E-state index is 0.0295. The normalized spacial score (nSPS) is 13.0. The number of rotatable bonds is 7. The van der Waals surface area contributed by atoms with Crippen LogP contribution in [0, 0.1) is 18.6 Å². The van der Waals surface area contributed by atoms with Gasteiger partial charge in [-0.1, -0.05) is 13.0 Å². The minimum Gasteiger partial charge on any atom is -0.377 e. The molecule has 108 valence electrons. The van der Waals surface area contributed by atoms with Crippen molar-refractivity contribution in [3.05, 3.63) is 34.9 Å². The van der Waals surface area contributed by atoms with Crippen LogP contribution in [0.25, 0.3) is 0 Å². The van der Waals surface area contributed by atoms with Gasteiger partial charge in [-0.15, -0.1) is 0 Å². The van der Waals surface area contributed by atoms with E-state index < -0.39 is 17.7 Å². The minimum atomic E-state index is -0.524. The summed E-state index contributed by atoms with van der Waals surface area (Å²) in [7, 11) is 0. The molecule has 0 aromatic heterocycles. The van der Waals surface area contributed by atoms with Gasteiger partial charge in [0, 0.05) is 5.56 Å². The number of aryl methyl sites for hydroxylation is 1. The highest BCUT2D eigenvalue weighted by molar-refractivity contribution is 5.29. The van der Waals surface area contributed by atoms with Gasteiger partial charge in [-0.2, -0.15) is 0 Å². The second-order valence-electron chi connectivity index (χ2n) is 4.98. The Hall–Kier alpha value is -1.00. The van der Waals surface area contributed by atoms with E-state index in [1.54, 1.807) is 6.92 Å². The van der Waals surface area contributed by atoms with E-state index in [1.165, 1.54) is 12.1 Å². The van der Waals surface area contributed by atoms with E-state index in [0.717, 1.165) is 6.42 Å². The van der Waals surface area contributed by atoms with Crippen molar-refractivity contribution < 1.29 is 13.5 Å². The number of hydrogen-bond donors (Lipinski definition) is 1. The third kappa shape index (κ3) is 4.55. The van der Waals surface area contributed by atoms with Crippen LogP contribution in [0.4, 0.5) is 8.78 Å². The number of halogens is 2. The standard InChI is InChI=1S/C15H23F2NO/c1-5-8-18-13(9-19-10(2)3)14-12(16)7-6-11(4)15(14)17/h6-7,10,13,18H,5,8-9H2,1-4H3. The van der Waals surface area contributed by atoms with Gasteiger partial charge in [0.2, 0.25) is 0 Å². The van der Waals surface area contributed by atoms with Crippen LogP contribution >= 0.6 is 0 Å². The summed E-state index contributed by atoms with van der Waals surface area (Å²) in [4.78, 5) is 0. The van der Waals surface area contributed by atoms with Gasteiger partial charge in [-0.05, 0) is 45.4 Å². The Bertz CT molecular complexity index is 407. The fourth-order valence-corrected chi connectivity index (χ4v) is 1.85. The first-order valence-electron chi connectivity index (χ1n) is 6.76. The molecule has 1 rings (SSSR count). The number of hydrogen-bond acceptors (Lipinski definition) is 2. The molecule has 1 aromatic carbocycles. The molecule has 0 fully saturated rings. The highest BCUT2D eigenvalue weighted by atomic mass is 19.1. The Kier molecular flexibility index (Phi) is 6.38. The molecule has 1 unspecified atom stereocenters. The predicted molar refractivity (Wildman–Crippen MR) is 73.2 cm³/mol. The van der Waals surface area contributed by atoms with Gasteiger partial charge in [0.1, 0.15) is 11.6 Å². The molecule has 2 nitrogen and oxygen atoms in total. The molecule has 0 heterocycles. The second kappa shape index (κ2) is 7.56. The Labute approximate surface area is 114 Å². The maximum Gasteiger partial charge on any atom is 0.133 e. The van der Waals surface area contributed by atoms with E-state index in [1.807, 2.05) is 20.8 Å². The van der Waals surface area contributed by atoms with Gasteiger partial charge < -0.3 is 10.1 Å². The zero-order chi connectivity index (χ0) is 14.4. The average Bonchev–Trinajstić information content (AvgIpc) is 2.36. The van der Waals surface area contributed by atoms with E-state index in [9.17, 15) is 8.78 Å². The average molecular weight is 271 g/mol. The topological polar surface area (TPSA) is 21.3 Å². The molecule has 0 saturated heterocycles. The van der Waals surface area contributed by atoms with Gasteiger partial charge in [0.05, 0.1) is 18.8 Å². The lowest BCUT2D eigenvalue weighted by atomic mass is 10.0. The first kappa shape index (κ1) is 16.1. The second-order valence-corrected chi connectivity index (χ2v) is 4.98. The quantitative estimate of drug-likeness (QED) is 0.815. The van der Waals surface area contributed by atoms with Crippen LogP contribution in [0.3, 0.4) is 0 Å². The van der Waals surface area contributed by atoms with Crippen molar-refractivity contribution in [2.75, 3.05) is 13.2 Å². The van der Waals surface area contributed by atoms with Crippen molar-refractivity contribution in [1.82, 2.24) is 5.32 Å². The van der Waals surface area contributed by atoms with Crippen LogP contribution in [-0.4, -0.2) is 19.3 Å². The number of benzene rings is 1. The Morgan fingerprint density at radius 2 is 1.95 bits per heavy atom. The fraction of sp³-hybridized carbons (Fsp3) is 0.600. The van der Waals surface area contributed by atoms with Crippen molar-refractivity contribution >= 4 is 0 Å². The zero-order valence-corrected chi connectivity index (χ0v) is 12.1. The van der Waals surface area contributed by atoms with Gasteiger partial charge in [0.25, 0.3) is 0 Å². The van der Waals surface area contributed by atoms with E-state index >= 15 is 0 Å². The Morgan fingerprint density at radius 3 is 2.53 bits per heavy atom. The summed E-state index contributed by atoms with van der Waals surface area (Å²) in [5.41, 5.74) is 0.526. The first-order chi connectivity index (χ1) is 8.97. The molecule has 0 radical (unpaired) electrons. The van der Waals surface area contributed by atoms with Crippen LogP contribution in [0.15, 0.2) is 12.1 Å². The van der Waals surface area contributed by atoms with E-state index in [0.29, 0.717) is 12.1 Å². The molecule has 1 atom stereocenters. The van der Waals surface area contributed by atoms with E-state index in [-0.39, 0.29) is 18.3 Å². The molecular formula is C15H23F2NO. The zero-order valence-electron chi connectivity index (χ0n) is 12.1.